The summed E-state index contributed by atoms with van der Waals surface area (Å²) in [6, 6.07) is 0. The molecule has 15 heavy (non-hydrogen) atoms. The van der Waals surface area contributed by atoms with E-state index in [4.69, 9.17) is 16.3 Å². The maximum atomic E-state index is 5.98. The van der Waals surface area contributed by atoms with E-state index in [1.807, 2.05) is 6.92 Å². The first-order valence-electron chi connectivity index (χ1n) is 5.12. The Morgan fingerprint density at radius 3 is 2.80 bits per heavy atom. The number of hydrogen-bond donors (Lipinski definition) is 0. The second-order valence-electron chi connectivity index (χ2n) is 4.05. The van der Waals surface area contributed by atoms with E-state index < -0.39 is 0 Å². The lowest BCUT2D eigenvalue weighted by Gasteiger charge is -2.40. The van der Waals surface area contributed by atoms with Crippen molar-refractivity contribution in [1.29, 1.82) is 0 Å². The van der Waals surface area contributed by atoms with E-state index in [2.05, 4.69) is 15.5 Å². The van der Waals surface area contributed by atoms with Gasteiger partial charge in [-0.1, -0.05) is 0 Å². The minimum Gasteiger partial charge on any atom is -0.376 e. The van der Waals surface area contributed by atoms with Crippen LogP contribution in [0.4, 0.5) is 0 Å². The zero-order valence-corrected chi connectivity index (χ0v) is 9.74. The molecule has 0 radical (unpaired) electrons. The highest BCUT2D eigenvalue weighted by atomic mass is 35.5. The van der Waals surface area contributed by atoms with Crippen LogP contribution in [0.3, 0.4) is 0 Å². The molecule has 0 saturated heterocycles. The summed E-state index contributed by atoms with van der Waals surface area (Å²) in [4.78, 5) is 0. The van der Waals surface area contributed by atoms with E-state index in [-0.39, 0.29) is 11.0 Å². The lowest BCUT2D eigenvalue weighted by Crippen LogP contribution is -2.43. The zero-order chi connectivity index (χ0) is 10.9. The van der Waals surface area contributed by atoms with Crippen LogP contribution in [-0.2, 0) is 11.3 Å². The van der Waals surface area contributed by atoms with Gasteiger partial charge in [-0.25, -0.2) is 4.68 Å². The molecule has 0 N–H and O–H groups in total. The molecule has 6 heteroatoms. The predicted molar refractivity (Wildman–Crippen MR) is 55.7 cm³/mol. The number of nitrogens with zero attached hydrogens (tertiary/aromatic N) is 4. The molecule has 1 fully saturated rings. The predicted octanol–water partition coefficient (Wildman–Crippen LogP) is 1.54. The van der Waals surface area contributed by atoms with Crippen LogP contribution in [0, 0.1) is 0 Å². The number of tetrazole rings is 1. The summed E-state index contributed by atoms with van der Waals surface area (Å²) in [7, 11) is 1.74. The van der Waals surface area contributed by atoms with Gasteiger partial charge in [0.25, 0.3) is 0 Å². The van der Waals surface area contributed by atoms with Gasteiger partial charge in [0, 0.05) is 7.11 Å². The van der Waals surface area contributed by atoms with Crippen molar-refractivity contribution in [3.8, 4) is 0 Å². The van der Waals surface area contributed by atoms with E-state index in [9.17, 15) is 0 Å². The third-order valence-electron chi connectivity index (χ3n) is 3.05. The average Bonchev–Trinajstić information content (AvgIpc) is 2.59. The average molecular weight is 231 g/mol. The third kappa shape index (κ3) is 1.99. The van der Waals surface area contributed by atoms with Crippen molar-refractivity contribution in [2.45, 2.75) is 43.7 Å². The van der Waals surface area contributed by atoms with Crippen LogP contribution >= 0.6 is 11.6 Å². The van der Waals surface area contributed by atoms with Crippen molar-refractivity contribution < 1.29 is 4.74 Å². The van der Waals surface area contributed by atoms with Crippen LogP contribution in [0.25, 0.3) is 0 Å². The van der Waals surface area contributed by atoms with Crippen LogP contribution in [0.1, 0.15) is 37.4 Å². The van der Waals surface area contributed by atoms with Gasteiger partial charge >= 0.3 is 0 Å². The summed E-state index contributed by atoms with van der Waals surface area (Å²) >= 11 is 5.98. The Balaban J connectivity index is 2.13. The Morgan fingerprint density at radius 2 is 2.33 bits per heavy atom. The molecule has 1 aliphatic rings. The van der Waals surface area contributed by atoms with Gasteiger partial charge in [0.15, 0.2) is 5.82 Å². The second kappa shape index (κ2) is 4.06. The Hall–Kier alpha value is -0.680. The number of aromatic nitrogens is 4. The highest BCUT2D eigenvalue weighted by Gasteiger charge is 2.38. The summed E-state index contributed by atoms with van der Waals surface area (Å²) in [6.45, 7) is 2.56. The van der Waals surface area contributed by atoms with E-state index in [0.717, 1.165) is 12.8 Å². The van der Waals surface area contributed by atoms with Crippen molar-refractivity contribution in [2.75, 3.05) is 7.11 Å². The van der Waals surface area contributed by atoms with Crippen molar-refractivity contribution in [2.24, 2.45) is 0 Å². The molecule has 0 aliphatic heterocycles. The van der Waals surface area contributed by atoms with E-state index in [0.29, 0.717) is 12.4 Å². The Morgan fingerprint density at radius 1 is 1.60 bits per heavy atom. The lowest BCUT2D eigenvalue weighted by molar-refractivity contribution is -0.0863. The largest absolute Gasteiger partial charge is 0.376 e. The number of halogens is 1. The Labute approximate surface area is 93.7 Å². The monoisotopic (exact) mass is 230 g/mol. The molecule has 1 heterocycles. The van der Waals surface area contributed by atoms with Gasteiger partial charge in [0.2, 0.25) is 0 Å². The lowest BCUT2D eigenvalue weighted by atomic mass is 9.80. The fourth-order valence-corrected chi connectivity index (χ4v) is 2.04. The molecule has 0 bridgehead atoms. The Bertz CT molecular complexity index is 329. The van der Waals surface area contributed by atoms with Crippen LogP contribution in [-0.4, -0.2) is 32.9 Å². The van der Waals surface area contributed by atoms with Gasteiger partial charge in [-0.3, -0.25) is 0 Å². The molecule has 1 saturated carbocycles. The van der Waals surface area contributed by atoms with E-state index in [1.165, 1.54) is 6.42 Å². The first-order chi connectivity index (χ1) is 7.17. The summed E-state index contributed by atoms with van der Waals surface area (Å²) in [5.41, 5.74) is -0.0735. The van der Waals surface area contributed by atoms with Gasteiger partial charge in [-0.05, 0) is 36.6 Å². The molecule has 0 amide bonds. The quantitative estimate of drug-likeness (QED) is 0.737. The minimum absolute atomic E-state index is 0.0735. The molecule has 0 aromatic carbocycles. The standard InChI is InChI=1S/C9H15ClN4O/c1-7(10)8-11-12-13-14(8)6-9(15-2)4-3-5-9/h7H,3-6H2,1-2H3. The molecule has 2 rings (SSSR count). The minimum atomic E-state index is -0.172. The fraction of sp³-hybridized carbons (Fsp3) is 0.889. The van der Waals surface area contributed by atoms with E-state index >= 15 is 0 Å². The molecule has 84 valence electrons. The first kappa shape index (κ1) is 10.8. The van der Waals surface area contributed by atoms with Crippen LogP contribution < -0.4 is 0 Å². The topological polar surface area (TPSA) is 52.8 Å². The van der Waals surface area contributed by atoms with Crippen LogP contribution in [0.2, 0.25) is 0 Å². The number of ether oxygens (including phenoxy) is 1. The first-order valence-corrected chi connectivity index (χ1v) is 5.56. The maximum Gasteiger partial charge on any atom is 0.168 e. The molecule has 0 spiro atoms. The highest BCUT2D eigenvalue weighted by molar-refractivity contribution is 6.20. The third-order valence-corrected chi connectivity index (χ3v) is 3.25. The summed E-state index contributed by atoms with van der Waals surface area (Å²) in [5, 5.41) is 11.3. The number of hydrogen-bond acceptors (Lipinski definition) is 4. The van der Waals surface area contributed by atoms with Crippen molar-refractivity contribution >= 4 is 11.6 Å². The van der Waals surface area contributed by atoms with Gasteiger partial charge in [0.1, 0.15) is 0 Å². The number of rotatable bonds is 4. The van der Waals surface area contributed by atoms with Crippen molar-refractivity contribution in [1.82, 2.24) is 20.2 Å². The second-order valence-corrected chi connectivity index (χ2v) is 4.71. The van der Waals surface area contributed by atoms with Crippen LogP contribution in [0.5, 0.6) is 0 Å². The molecule has 1 aromatic rings. The number of methoxy groups -OCH3 is 1. The highest BCUT2D eigenvalue weighted by Crippen LogP contribution is 2.36. The van der Waals surface area contributed by atoms with Crippen LogP contribution in [0.15, 0.2) is 0 Å². The smallest absolute Gasteiger partial charge is 0.168 e. The molecular weight excluding hydrogens is 216 g/mol. The zero-order valence-electron chi connectivity index (χ0n) is 8.98. The summed E-state index contributed by atoms with van der Waals surface area (Å²) < 4.78 is 7.27. The molecule has 1 unspecified atom stereocenters. The number of alkyl halides is 1. The Kier molecular flexibility index (Phi) is 2.93. The normalized spacial score (nSPS) is 21.0. The van der Waals surface area contributed by atoms with Gasteiger partial charge < -0.3 is 4.74 Å². The summed E-state index contributed by atoms with van der Waals surface area (Å²) in [5.74, 6) is 0.708. The van der Waals surface area contributed by atoms with Crippen molar-refractivity contribution in [3.05, 3.63) is 5.82 Å². The van der Waals surface area contributed by atoms with Gasteiger partial charge in [0.05, 0.1) is 17.5 Å². The SMILES string of the molecule is COC1(Cn2nnnc2C(C)Cl)CCC1. The van der Waals surface area contributed by atoms with Crippen molar-refractivity contribution in [3.63, 3.8) is 0 Å². The molecular formula is C9H15ClN4O. The maximum absolute atomic E-state index is 5.98. The summed E-state index contributed by atoms with van der Waals surface area (Å²) in [6.07, 6.45) is 3.35. The molecule has 1 aromatic heterocycles. The molecule has 5 nitrogen and oxygen atoms in total. The van der Waals surface area contributed by atoms with Gasteiger partial charge in [-0.2, -0.15) is 0 Å². The fourth-order valence-electron chi connectivity index (χ4n) is 1.88. The van der Waals surface area contributed by atoms with Gasteiger partial charge in [-0.15, -0.1) is 16.7 Å². The van der Waals surface area contributed by atoms with E-state index in [1.54, 1.807) is 11.8 Å². The molecule has 1 atom stereocenters. The molecule has 1 aliphatic carbocycles.